The maximum absolute atomic E-state index is 15.1. The van der Waals surface area contributed by atoms with E-state index in [0.29, 0.717) is 18.3 Å². The van der Waals surface area contributed by atoms with Gasteiger partial charge in [-0.25, -0.2) is 13.2 Å². The molecule has 0 N–H and O–H groups in total. The molecule has 5 heteroatoms. The minimum absolute atomic E-state index is 0.0393. The number of hydrogen-bond donors (Lipinski definition) is 0. The molecule has 1 aromatic rings. The highest BCUT2D eigenvalue weighted by Gasteiger charge is 2.46. The molecule has 4 atom stereocenters. The van der Waals surface area contributed by atoms with Crippen LogP contribution in [0.1, 0.15) is 70.3 Å². The van der Waals surface area contributed by atoms with Crippen LogP contribution in [-0.4, -0.2) is 19.0 Å². The topological polar surface area (TPSA) is 9.23 Å². The molecular weight excluding hydrogens is 380 g/mol. The minimum Gasteiger partial charge on any atom is -0.486 e. The van der Waals surface area contributed by atoms with Crippen LogP contribution in [0.2, 0.25) is 0 Å². The molecule has 1 nitrogen and oxygen atoms in total. The molecule has 2 saturated carbocycles. The number of alkyl halides is 2. The number of rotatable bonds is 6. The molecule has 2 aliphatic rings. The Labute approximate surface area is 171 Å². The second kappa shape index (κ2) is 9.09. The Morgan fingerprint density at radius 1 is 1.07 bits per heavy atom. The fourth-order valence-corrected chi connectivity index (χ4v) is 5.18. The van der Waals surface area contributed by atoms with Crippen LogP contribution < -0.4 is 4.74 Å². The van der Waals surface area contributed by atoms with Gasteiger partial charge in [0.15, 0.2) is 11.6 Å². The maximum Gasteiger partial charge on any atom is 0.200 e. The van der Waals surface area contributed by atoms with Gasteiger partial charge in [0, 0.05) is 5.92 Å². The third-order valence-electron chi connectivity index (χ3n) is 7.44. The molecule has 0 aliphatic heterocycles. The van der Waals surface area contributed by atoms with Crippen molar-refractivity contribution in [3.8, 4) is 5.75 Å². The summed E-state index contributed by atoms with van der Waals surface area (Å²) in [4.78, 5) is 0. The first-order chi connectivity index (χ1) is 13.8. The summed E-state index contributed by atoms with van der Waals surface area (Å²) >= 11 is 0. The SMILES string of the molecule is C=CCOc1ccc(C2CCC(C3CCC(C)(CC)CC3)C(F)C2F)c(F)c1F. The summed E-state index contributed by atoms with van der Waals surface area (Å²) in [5.41, 5.74) is 0.217. The quantitative estimate of drug-likeness (QED) is 0.352. The van der Waals surface area contributed by atoms with E-state index in [1.165, 1.54) is 18.2 Å². The van der Waals surface area contributed by atoms with Gasteiger partial charge < -0.3 is 4.74 Å². The van der Waals surface area contributed by atoms with Gasteiger partial charge in [0.05, 0.1) is 0 Å². The van der Waals surface area contributed by atoms with Crippen molar-refractivity contribution >= 4 is 0 Å². The first-order valence-electron chi connectivity index (χ1n) is 10.8. The molecule has 29 heavy (non-hydrogen) atoms. The lowest BCUT2D eigenvalue weighted by molar-refractivity contribution is -0.000227. The van der Waals surface area contributed by atoms with E-state index < -0.39 is 29.9 Å². The normalized spacial score (nSPS) is 35.3. The minimum atomic E-state index is -1.82. The van der Waals surface area contributed by atoms with E-state index in [1.807, 2.05) is 0 Å². The van der Waals surface area contributed by atoms with Gasteiger partial charge in [0.1, 0.15) is 19.0 Å². The Balaban J connectivity index is 1.71. The molecule has 0 saturated heterocycles. The lowest BCUT2D eigenvalue weighted by Gasteiger charge is -2.44. The van der Waals surface area contributed by atoms with E-state index in [2.05, 4.69) is 20.4 Å². The predicted molar refractivity (Wildman–Crippen MR) is 108 cm³/mol. The Hall–Kier alpha value is -1.52. The zero-order valence-corrected chi connectivity index (χ0v) is 17.4. The van der Waals surface area contributed by atoms with Crippen LogP contribution in [-0.2, 0) is 0 Å². The maximum atomic E-state index is 15.1. The third-order valence-corrected chi connectivity index (χ3v) is 7.44. The summed E-state index contributed by atoms with van der Waals surface area (Å²) in [7, 11) is 0. The van der Waals surface area contributed by atoms with Crippen molar-refractivity contribution in [2.45, 2.75) is 77.1 Å². The van der Waals surface area contributed by atoms with Crippen LogP contribution in [0.3, 0.4) is 0 Å². The predicted octanol–water partition coefficient (Wildman–Crippen LogP) is 7.31. The second-order valence-corrected chi connectivity index (χ2v) is 9.12. The summed E-state index contributed by atoms with van der Waals surface area (Å²) in [6.07, 6.45) is 3.85. The fourth-order valence-electron chi connectivity index (χ4n) is 5.18. The number of ether oxygens (including phenoxy) is 1. The molecule has 2 fully saturated rings. The van der Waals surface area contributed by atoms with E-state index in [0.717, 1.165) is 32.1 Å². The molecule has 0 bridgehead atoms. The molecule has 162 valence electrons. The van der Waals surface area contributed by atoms with E-state index in [4.69, 9.17) is 4.74 Å². The highest BCUT2D eigenvalue weighted by atomic mass is 19.2. The first-order valence-corrected chi connectivity index (χ1v) is 10.8. The lowest BCUT2D eigenvalue weighted by Crippen LogP contribution is -2.42. The molecule has 4 unspecified atom stereocenters. The van der Waals surface area contributed by atoms with Crippen LogP contribution in [0, 0.1) is 28.9 Å². The summed E-state index contributed by atoms with van der Waals surface area (Å²) in [5, 5.41) is 0. The van der Waals surface area contributed by atoms with Gasteiger partial charge in [0.25, 0.3) is 0 Å². The average Bonchev–Trinajstić information content (AvgIpc) is 2.72. The van der Waals surface area contributed by atoms with Crippen molar-refractivity contribution in [2.75, 3.05) is 6.61 Å². The van der Waals surface area contributed by atoms with E-state index in [-0.39, 0.29) is 29.8 Å². The van der Waals surface area contributed by atoms with Gasteiger partial charge in [-0.1, -0.05) is 39.0 Å². The molecular formula is C24H32F4O. The van der Waals surface area contributed by atoms with Crippen LogP contribution in [0.25, 0.3) is 0 Å². The average molecular weight is 413 g/mol. The Morgan fingerprint density at radius 3 is 2.38 bits per heavy atom. The van der Waals surface area contributed by atoms with Crippen molar-refractivity contribution in [1.82, 2.24) is 0 Å². The third kappa shape index (κ3) is 4.49. The van der Waals surface area contributed by atoms with E-state index in [1.54, 1.807) is 0 Å². The van der Waals surface area contributed by atoms with Crippen LogP contribution in [0.15, 0.2) is 24.8 Å². The first kappa shape index (κ1) is 22.2. The fraction of sp³-hybridized carbons (Fsp3) is 0.667. The molecule has 0 heterocycles. The summed E-state index contributed by atoms with van der Waals surface area (Å²) in [5.74, 6) is -3.64. The molecule has 2 aliphatic carbocycles. The van der Waals surface area contributed by atoms with E-state index in [9.17, 15) is 8.78 Å². The summed E-state index contributed by atoms with van der Waals surface area (Å²) in [6, 6.07) is 2.62. The summed E-state index contributed by atoms with van der Waals surface area (Å²) < 4.78 is 64.1. The van der Waals surface area contributed by atoms with Crippen LogP contribution >= 0.6 is 0 Å². The van der Waals surface area contributed by atoms with Crippen molar-refractivity contribution in [3.63, 3.8) is 0 Å². The number of benzene rings is 1. The molecule has 3 rings (SSSR count). The van der Waals surface area contributed by atoms with Gasteiger partial charge >= 0.3 is 0 Å². The Bertz CT molecular complexity index is 711. The molecule has 0 aromatic heterocycles. The van der Waals surface area contributed by atoms with Crippen molar-refractivity contribution in [2.24, 2.45) is 17.3 Å². The van der Waals surface area contributed by atoms with Crippen LogP contribution in [0.4, 0.5) is 17.6 Å². The highest BCUT2D eigenvalue weighted by molar-refractivity contribution is 5.34. The zero-order valence-electron chi connectivity index (χ0n) is 17.4. The smallest absolute Gasteiger partial charge is 0.200 e. The summed E-state index contributed by atoms with van der Waals surface area (Å²) in [6.45, 7) is 7.95. The largest absolute Gasteiger partial charge is 0.486 e. The molecule has 0 amide bonds. The van der Waals surface area contributed by atoms with Crippen molar-refractivity contribution < 1.29 is 22.3 Å². The second-order valence-electron chi connectivity index (χ2n) is 9.12. The van der Waals surface area contributed by atoms with Gasteiger partial charge in [-0.15, -0.1) is 0 Å². The Morgan fingerprint density at radius 2 is 1.76 bits per heavy atom. The Kier molecular flexibility index (Phi) is 6.95. The standard InChI is InChI=1S/C24H32F4O/c1-4-14-29-19-9-8-18(22(27)23(19)28)17-7-6-16(20(25)21(17)26)15-10-12-24(3,5-2)13-11-15/h4,8-9,15-17,20-21H,1,5-7,10-14H2,2-3H3. The van der Waals surface area contributed by atoms with Gasteiger partial charge in [0.2, 0.25) is 5.82 Å². The van der Waals surface area contributed by atoms with Crippen molar-refractivity contribution in [1.29, 1.82) is 0 Å². The van der Waals surface area contributed by atoms with Gasteiger partial charge in [-0.2, -0.15) is 4.39 Å². The lowest BCUT2D eigenvalue weighted by atomic mass is 9.63. The highest BCUT2D eigenvalue weighted by Crippen LogP contribution is 2.50. The monoisotopic (exact) mass is 412 g/mol. The number of halogens is 4. The van der Waals surface area contributed by atoms with Gasteiger partial charge in [-0.05, 0) is 67.4 Å². The van der Waals surface area contributed by atoms with Crippen LogP contribution in [0.5, 0.6) is 5.75 Å². The van der Waals surface area contributed by atoms with E-state index >= 15 is 8.78 Å². The van der Waals surface area contributed by atoms with Crippen molar-refractivity contribution in [3.05, 3.63) is 42.0 Å². The molecule has 0 spiro atoms. The van der Waals surface area contributed by atoms with Gasteiger partial charge in [-0.3, -0.25) is 0 Å². The zero-order chi connectivity index (χ0) is 21.2. The molecule has 0 radical (unpaired) electrons. The molecule has 1 aromatic carbocycles. The number of hydrogen-bond acceptors (Lipinski definition) is 1.